The molecule has 4 aromatic heterocycles. The van der Waals surface area contributed by atoms with E-state index in [9.17, 15) is 0 Å². The van der Waals surface area contributed by atoms with Crippen LogP contribution in [0, 0.1) is 0 Å². The second-order valence-electron chi connectivity index (χ2n) is 6.50. The van der Waals surface area contributed by atoms with Gasteiger partial charge in [0.15, 0.2) is 0 Å². The number of para-hydroxylation sites is 2. The molecule has 0 aliphatic carbocycles. The third-order valence-corrected chi connectivity index (χ3v) is 5.11. The Kier molecular flexibility index (Phi) is 2.58. The van der Waals surface area contributed by atoms with Gasteiger partial charge in [-0.2, -0.15) is 0 Å². The number of hydrogen-bond acceptors (Lipinski definition) is 2. The van der Waals surface area contributed by atoms with Crippen LogP contribution in [0.5, 0.6) is 0 Å². The predicted octanol–water partition coefficient (Wildman–Crippen LogP) is 5.21. The molecule has 1 N–H and O–H groups in total. The summed E-state index contributed by atoms with van der Waals surface area (Å²) in [7, 11) is 0. The monoisotopic (exact) mass is 334 g/mol. The molecule has 0 bridgehead atoms. The molecule has 0 atom stereocenters. The summed E-state index contributed by atoms with van der Waals surface area (Å²) < 4.78 is 2.27. The number of pyridine rings is 2. The first-order chi connectivity index (χ1) is 12.9. The molecule has 0 amide bonds. The SMILES string of the molecule is c1ccc2c(c1)[nH]c1cncc(-n3c4ccccc4c4ccncc43)c12. The van der Waals surface area contributed by atoms with Gasteiger partial charge in [0.2, 0.25) is 0 Å². The van der Waals surface area contributed by atoms with Crippen molar-refractivity contribution in [2.75, 3.05) is 0 Å². The minimum atomic E-state index is 1.04. The highest BCUT2D eigenvalue weighted by molar-refractivity contribution is 6.14. The van der Waals surface area contributed by atoms with Crippen molar-refractivity contribution in [1.29, 1.82) is 0 Å². The lowest BCUT2D eigenvalue weighted by Gasteiger charge is -2.09. The second-order valence-corrected chi connectivity index (χ2v) is 6.50. The largest absolute Gasteiger partial charge is 0.353 e. The second kappa shape index (κ2) is 4.92. The normalized spacial score (nSPS) is 11.8. The molecule has 4 heteroatoms. The molecule has 6 rings (SSSR count). The maximum atomic E-state index is 4.51. The van der Waals surface area contributed by atoms with E-state index in [4.69, 9.17) is 0 Å². The molecule has 0 saturated carbocycles. The zero-order chi connectivity index (χ0) is 17.1. The lowest BCUT2D eigenvalue weighted by atomic mass is 10.1. The van der Waals surface area contributed by atoms with Crippen LogP contribution in [-0.4, -0.2) is 19.5 Å². The van der Waals surface area contributed by atoms with E-state index in [1.165, 1.54) is 21.5 Å². The highest BCUT2D eigenvalue weighted by atomic mass is 15.0. The van der Waals surface area contributed by atoms with Crippen LogP contribution >= 0.6 is 0 Å². The van der Waals surface area contributed by atoms with E-state index in [1.54, 1.807) is 0 Å². The van der Waals surface area contributed by atoms with E-state index in [-0.39, 0.29) is 0 Å². The number of benzene rings is 2. The number of aromatic nitrogens is 4. The van der Waals surface area contributed by atoms with E-state index in [1.807, 2.05) is 24.8 Å². The van der Waals surface area contributed by atoms with E-state index in [2.05, 4.69) is 74.1 Å². The van der Waals surface area contributed by atoms with Crippen LogP contribution in [-0.2, 0) is 0 Å². The van der Waals surface area contributed by atoms with Crippen LogP contribution in [0.1, 0.15) is 0 Å². The Balaban J connectivity index is 1.87. The molecule has 2 aromatic carbocycles. The predicted molar refractivity (Wildman–Crippen MR) is 106 cm³/mol. The van der Waals surface area contributed by atoms with Crippen LogP contribution in [0.15, 0.2) is 79.4 Å². The van der Waals surface area contributed by atoms with Crippen molar-refractivity contribution in [2.45, 2.75) is 0 Å². The molecule has 6 aromatic rings. The van der Waals surface area contributed by atoms with Crippen molar-refractivity contribution < 1.29 is 0 Å². The maximum Gasteiger partial charge on any atom is 0.0746 e. The molecule has 4 heterocycles. The number of nitrogens with zero attached hydrogens (tertiary/aromatic N) is 3. The summed E-state index contributed by atoms with van der Waals surface area (Å²) in [4.78, 5) is 12.4. The van der Waals surface area contributed by atoms with Crippen LogP contribution in [0.3, 0.4) is 0 Å². The summed E-state index contributed by atoms with van der Waals surface area (Å²) >= 11 is 0. The van der Waals surface area contributed by atoms with Gasteiger partial charge in [-0.3, -0.25) is 9.97 Å². The minimum Gasteiger partial charge on any atom is -0.353 e. The third-order valence-electron chi connectivity index (χ3n) is 5.11. The van der Waals surface area contributed by atoms with Crippen molar-refractivity contribution in [3.05, 3.63) is 79.4 Å². The van der Waals surface area contributed by atoms with Crippen LogP contribution in [0.25, 0.3) is 49.3 Å². The van der Waals surface area contributed by atoms with Gasteiger partial charge < -0.3 is 9.55 Å². The van der Waals surface area contributed by atoms with Gasteiger partial charge >= 0.3 is 0 Å². The fourth-order valence-electron chi connectivity index (χ4n) is 4.03. The van der Waals surface area contributed by atoms with Crippen molar-refractivity contribution >= 4 is 43.6 Å². The zero-order valence-electron chi connectivity index (χ0n) is 13.8. The molecule has 0 aliphatic heterocycles. The maximum absolute atomic E-state index is 4.51. The van der Waals surface area contributed by atoms with Gasteiger partial charge in [0.25, 0.3) is 0 Å². The Hall–Kier alpha value is -3.66. The topological polar surface area (TPSA) is 46.5 Å². The van der Waals surface area contributed by atoms with E-state index < -0.39 is 0 Å². The number of nitrogens with one attached hydrogen (secondary N) is 1. The first kappa shape index (κ1) is 13.6. The van der Waals surface area contributed by atoms with Gasteiger partial charge in [0.05, 0.1) is 40.8 Å². The summed E-state index contributed by atoms with van der Waals surface area (Å²) in [5.74, 6) is 0. The Morgan fingerprint density at radius 1 is 0.654 bits per heavy atom. The van der Waals surface area contributed by atoms with Gasteiger partial charge in [-0.05, 0) is 18.2 Å². The lowest BCUT2D eigenvalue weighted by Crippen LogP contribution is -1.96. The van der Waals surface area contributed by atoms with Gasteiger partial charge in [-0.25, -0.2) is 0 Å². The van der Waals surface area contributed by atoms with Crippen molar-refractivity contribution in [3.63, 3.8) is 0 Å². The van der Waals surface area contributed by atoms with E-state index in [0.29, 0.717) is 0 Å². The standard InChI is InChI=1S/C22H14N4/c1-3-7-17-16(6-1)22-18(25-17)11-24-13-21(22)26-19-8-4-2-5-14(19)15-9-10-23-12-20(15)26/h1-13,25H. The average Bonchev–Trinajstić information content (AvgIpc) is 3.24. The fraction of sp³-hybridized carbons (Fsp3) is 0. The molecule has 0 aliphatic rings. The molecule has 0 spiro atoms. The summed E-state index contributed by atoms with van der Waals surface area (Å²) in [6, 6.07) is 18.9. The van der Waals surface area contributed by atoms with E-state index >= 15 is 0 Å². The Morgan fingerprint density at radius 2 is 1.46 bits per heavy atom. The van der Waals surface area contributed by atoms with Gasteiger partial charge in [0.1, 0.15) is 0 Å². The molecule has 122 valence electrons. The summed E-state index contributed by atoms with van der Waals surface area (Å²) in [5, 5.41) is 4.81. The van der Waals surface area contributed by atoms with Gasteiger partial charge in [-0.1, -0.05) is 36.4 Å². The minimum absolute atomic E-state index is 1.04. The highest BCUT2D eigenvalue weighted by Gasteiger charge is 2.16. The van der Waals surface area contributed by atoms with Crippen LogP contribution in [0.4, 0.5) is 0 Å². The molecular formula is C22H14N4. The molecule has 0 unspecified atom stereocenters. The van der Waals surface area contributed by atoms with Crippen molar-refractivity contribution in [1.82, 2.24) is 19.5 Å². The number of H-pyrrole nitrogens is 1. The lowest BCUT2D eigenvalue weighted by molar-refractivity contribution is 1.15. The van der Waals surface area contributed by atoms with Gasteiger partial charge in [-0.15, -0.1) is 0 Å². The fourth-order valence-corrected chi connectivity index (χ4v) is 4.03. The quantitative estimate of drug-likeness (QED) is 0.449. The first-order valence-electron chi connectivity index (χ1n) is 8.60. The molecule has 0 fully saturated rings. The van der Waals surface area contributed by atoms with Crippen molar-refractivity contribution in [3.8, 4) is 5.69 Å². The third kappa shape index (κ3) is 1.68. The van der Waals surface area contributed by atoms with Gasteiger partial charge in [0, 0.05) is 33.3 Å². The Labute approximate surface area is 148 Å². The molecule has 4 nitrogen and oxygen atoms in total. The zero-order valence-corrected chi connectivity index (χ0v) is 13.8. The molecule has 0 saturated heterocycles. The van der Waals surface area contributed by atoms with Crippen LogP contribution in [0.2, 0.25) is 0 Å². The summed E-state index contributed by atoms with van der Waals surface area (Å²) in [6.07, 6.45) is 7.62. The number of fused-ring (bicyclic) bond motifs is 6. The molecule has 26 heavy (non-hydrogen) atoms. The molecule has 0 radical (unpaired) electrons. The van der Waals surface area contributed by atoms with Crippen LogP contribution < -0.4 is 0 Å². The van der Waals surface area contributed by atoms with Crippen molar-refractivity contribution in [2.24, 2.45) is 0 Å². The highest BCUT2D eigenvalue weighted by Crippen LogP contribution is 2.36. The Bertz CT molecular complexity index is 1390. The molecular weight excluding hydrogens is 320 g/mol. The smallest absolute Gasteiger partial charge is 0.0746 e. The summed E-state index contributed by atoms with van der Waals surface area (Å²) in [6.45, 7) is 0. The summed E-state index contributed by atoms with van der Waals surface area (Å²) in [5.41, 5.74) is 5.48. The Morgan fingerprint density at radius 3 is 2.42 bits per heavy atom. The number of hydrogen-bond donors (Lipinski definition) is 1. The average molecular weight is 334 g/mol. The van der Waals surface area contributed by atoms with E-state index in [0.717, 1.165) is 27.8 Å². The number of rotatable bonds is 1. The first-order valence-corrected chi connectivity index (χ1v) is 8.60. The number of aromatic amines is 1.